The third-order valence-electron chi connectivity index (χ3n) is 1.87. The van der Waals surface area contributed by atoms with Crippen molar-refractivity contribution in [2.75, 3.05) is 0 Å². The number of aromatic amines is 1. The van der Waals surface area contributed by atoms with Crippen LogP contribution in [0.2, 0.25) is 0 Å². The van der Waals surface area contributed by atoms with Crippen molar-refractivity contribution in [1.29, 1.82) is 0 Å². The standard InChI is InChI=1S/C8H10N4OS/c1-2-3-12-7(10-11-8(12)14)6-4-13-5-9-6/h4-5H,2-3H2,1H3,(H,11,14). The Bertz CT molecular complexity index is 456. The molecule has 2 rings (SSSR count). The van der Waals surface area contributed by atoms with E-state index in [4.69, 9.17) is 16.6 Å². The number of nitrogens with zero attached hydrogens (tertiary/aromatic N) is 3. The molecule has 5 nitrogen and oxygen atoms in total. The van der Waals surface area contributed by atoms with Crippen molar-refractivity contribution in [2.24, 2.45) is 0 Å². The first-order chi connectivity index (χ1) is 6.83. The largest absolute Gasteiger partial charge is 0.451 e. The fourth-order valence-corrected chi connectivity index (χ4v) is 1.49. The molecule has 0 unspecified atom stereocenters. The van der Waals surface area contributed by atoms with Gasteiger partial charge in [-0.15, -0.1) is 0 Å². The van der Waals surface area contributed by atoms with E-state index in [9.17, 15) is 0 Å². The first-order valence-corrected chi connectivity index (χ1v) is 4.77. The van der Waals surface area contributed by atoms with Crippen molar-refractivity contribution < 1.29 is 4.42 Å². The fraction of sp³-hybridized carbons (Fsp3) is 0.375. The maximum Gasteiger partial charge on any atom is 0.195 e. The smallest absolute Gasteiger partial charge is 0.195 e. The zero-order valence-corrected chi connectivity index (χ0v) is 8.54. The van der Waals surface area contributed by atoms with Crippen molar-refractivity contribution in [1.82, 2.24) is 19.7 Å². The van der Waals surface area contributed by atoms with Gasteiger partial charge in [0.05, 0.1) is 0 Å². The maximum absolute atomic E-state index is 5.10. The zero-order valence-electron chi connectivity index (χ0n) is 7.73. The van der Waals surface area contributed by atoms with E-state index in [1.54, 1.807) is 6.26 Å². The van der Waals surface area contributed by atoms with Crippen molar-refractivity contribution in [3.05, 3.63) is 17.4 Å². The van der Waals surface area contributed by atoms with Gasteiger partial charge in [-0.05, 0) is 18.6 Å². The van der Waals surface area contributed by atoms with E-state index in [1.807, 2.05) is 4.57 Å². The number of oxazole rings is 1. The van der Waals surface area contributed by atoms with E-state index in [-0.39, 0.29) is 0 Å². The summed E-state index contributed by atoms with van der Waals surface area (Å²) in [4.78, 5) is 4.03. The summed E-state index contributed by atoms with van der Waals surface area (Å²) >= 11 is 5.10. The molecule has 0 amide bonds. The van der Waals surface area contributed by atoms with Crippen LogP contribution in [0.1, 0.15) is 13.3 Å². The van der Waals surface area contributed by atoms with Crippen LogP contribution in [0.25, 0.3) is 11.5 Å². The first-order valence-electron chi connectivity index (χ1n) is 4.36. The van der Waals surface area contributed by atoms with Crippen LogP contribution in [0, 0.1) is 4.77 Å². The van der Waals surface area contributed by atoms with E-state index in [0.717, 1.165) is 18.8 Å². The maximum atomic E-state index is 5.10. The van der Waals surface area contributed by atoms with Gasteiger partial charge in [-0.25, -0.2) is 4.98 Å². The summed E-state index contributed by atoms with van der Waals surface area (Å²) in [5.41, 5.74) is 0.700. The van der Waals surface area contributed by atoms with E-state index < -0.39 is 0 Å². The molecule has 0 radical (unpaired) electrons. The minimum absolute atomic E-state index is 0.616. The molecule has 0 aliphatic carbocycles. The van der Waals surface area contributed by atoms with Gasteiger partial charge < -0.3 is 4.42 Å². The third-order valence-corrected chi connectivity index (χ3v) is 2.18. The van der Waals surface area contributed by atoms with Crippen LogP contribution >= 0.6 is 12.2 Å². The summed E-state index contributed by atoms with van der Waals surface area (Å²) in [7, 11) is 0. The third kappa shape index (κ3) is 1.48. The second kappa shape index (κ2) is 3.75. The summed E-state index contributed by atoms with van der Waals surface area (Å²) in [5, 5.41) is 6.84. The molecule has 2 aromatic heterocycles. The Hall–Kier alpha value is -1.43. The predicted molar refractivity (Wildman–Crippen MR) is 53.2 cm³/mol. The van der Waals surface area contributed by atoms with Crippen molar-refractivity contribution in [3.63, 3.8) is 0 Å². The minimum atomic E-state index is 0.616. The molecule has 6 heteroatoms. The Morgan fingerprint density at radius 2 is 2.50 bits per heavy atom. The van der Waals surface area contributed by atoms with Crippen LogP contribution in [-0.2, 0) is 6.54 Å². The molecule has 0 saturated heterocycles. The second-order valence-electron chi connectivity index (χ2n) is 2.88. The number of hydrogen-bond donors (Lipinski definition) is 1. The average molecular weight is 210 g/mol. The molecule has 0 saturated carbocycles. The average Bonchev–Trinajstić information content (AvgIpc) is 2.77. The van der Waals surface area contributed by atoms with E-state index in [1.165, 1.54) is 6.39 Å². The molecule has 0 spiro atoms. The van der Waals surface area contributed by atoms with Crippen LogP contribution < -0.4 is 0 Å². The van der Waals surface area contributed by atoms with Gasteiger partial charge >= 0.3 is 0 Å². The summed E-state index contributed by atoms with van der Waals surface area (Å²) < 4.78 is 7.42. The van der Waals surface area contributed by atoms with Gasteiger partial charge in [0, 0.05) is 6.54 Å². The molecular weight excluding hydrogens is 200 g/mol. The molecule has 0 aliphatic rings. The molecule has 1 N–H and O–H groups in total. The van der Waals surface area contributed by atoms with E-state index in [0.29, 0.717) is 10.5 Å². The topological polar surface area (TPSA) is 59.6 Å². The molecule has 14 heavy (non-hydrogen) atoms. The molecule has 0 aliphatic heterocycles. The van der Waals surface area contributed by atoms with Crippen LogP contribution in [-0.4, -0.2) is 19.7 Å². The zero-order chi connectivity index (χ0) is 9.97. The Balaban J connectivity index is 2.48. The number of H-pyrrole nitrogens is 1. The number of nitrogens with one attached hydrogen (secondary N) is 1. The molecule has 0 bridgehead atoms. The molecule has 0 aromatic carbocycles. The number of aromatic nitrogens is 4. The summed E-state index contributed by atoms with van der Waals surface area (Å²) in [6.07, 6.45) is 3.93. The van der Waals surface area contributed by atoms with E-state index in [2.05, 4.69) is 22.1 Å². The van der Waals surface area contributed by atoms with Gasteiger partial charge in [-0.3, -0.25) is 9.67 Å². The van der Waals surface area contributed by atoms with Crippen molar-refractivity contribution >= 4 is 12.2 Å². The second-order valence-corrected chi connectivity index (χ2v) is 3.26. The summed E-state index contributed by atoms with van der Waals surface area (Å²) in [6, 6.07) is 0. The molecule has 74 valence electrons. The lowest BCUT2D eigenvalue weighted by molar-refractivity contribution is 0.558. The van der Waals surface area contributed by atoms with Gasteiger partial charge in [-0.2, -0.15) is 5.10 Å². The van der Waals surface area contributed by atoms with E-state index >= 15 is 0 Å². The van der Waals surface area contributed by atoms with Gasteiger partial charge in [-0.1, -0.05) is 6.92 Å². The fourth-order valence-electron chi connectivity index (χ4n) is 1.27. The highest BCUT2D eigenvalue weighted by Gasteiger charge is 2.09. The highest BCUT2D eigenvalue weighted by molar-refractivity contribution is 7.71. The lowest BCUT2D eigenvalue weighted by atomic mass is 10.4. The number of hydrogen-bond acceptors (Lipinski definition) is 4. The monoisotopic (exact) mass is 210 g/mol. The van der Waals surface area contributed by atoms with Gasteiger partial charge in [0.2, 0.25) is 0 Å². The van der Waals surface area contributed by atoms with Crippen LogP contribution in [0.15, 0.2) is 17.1 Å². The van der Waals surface area contributed by atoms with Crippen molar-refractivity contribution in [2.45, 2.75) is 19.9 Å². The summed E-state index contributed by atoms with van der Waals surface area (Å²) in [5.74, 6) is 0.727. The summed E-state index contributed by atoms with van der Waals surface area (Å²) in [6.45, 7) is 2.92. The lowest BCUT2D eigenvalue weighted by Crippen LogP contribution is -1.99. The van der Waals surface area contributed by atoms with Crippen LogP contribution in [0.4, 0.5) is 0 Å². The van der Waals surface area contributed by atoms with Gasteiger partial charge in [0.15, 0.2) is 17.0 Å². The molecule has 2 heterocycles. The quantitative estimate of drug-likeness (QED) is 0.787. The first kappa shape index (κ1) is 9.14. The predicted octanol–water partition coefficient (Wildman–Crippen LogP) is 2.01. The Morgan fingerprint density at radius 3 is 3.14 bits per heavy atom. The Kier molecular flexibility index (Phi) is 2.45. The lowest BCUT2D eigenvalue weighted by Gasteiger charge is -2.00. The van der Waals surface area contributed by atoms with Crippen LogP contribution in [0.3, 0.4) is 0 Å². The Morgan fingerprint density at radius 1 is 1.64 bits per heavy atom. The van der Waals surface area contributed by atoms with Crippen molar-refractivity contribution in [3.8, 4) is 11.5 Å². The highest BCUT2D eigenvalue weighted by atomic mass is 32.1. The SMILES string of the molecule is CCCn1c(-c2cocn2)n[nH]c1=S. The molecule has 0 fully saturated rings. The number of rotatable bonds is 3. The molecule has 2 aromatic rings. The molecular formula is C8H10N4OS. The minimum Gasteiger partial charge on any atom is -0.451 e. The molecule has 0 atom stereocenters. The highest BCUT2D eigenvalue weighted by Crippen LogP contribution is 2.14. The van der Waals surface area contributed by atoms with Gasteiger partial charge in [0.25, 0.3) is 0 Å². The van der Waals surface area contributed by atoms with Crippen LogP contribution in [0.5, 0.6) is 0 Å². The normalized spacial score (nSPS) is 10.6. The Labute approximate surface area is 85.8 Å². The van der Waals surface area contributed by atoms with Gasteiger partial charge in [0.1, 0.15) is 12.0 Å².